The third-order valence-corrected chi connectivity index (χ3v) is 8.82. The standard InChI is InChI=1S/C31H32Cl2FN3O3/c1-20(21-6-4-3-5-7-21)35-29(38)24(22-8-10-26(32)27(33)18-22)12-15-37-16-13-31(14-17-37)25-19-23(34)9-11-28(25)36(2)30(39)40-31/h3-11,18-20,24H,12-17H2,1-2H3,(H,35,38)/t20-,24+/m0/s1. The number of piperidine rings is 1. The number of hydrogen-bond donors (Lipinski definition) is 1. The van der Waals surface area contributed by atoms with E-state index in [1.165, 1.54) is 17.0 Å². The minimum atomic E-state index is -0.858. The average Bonchev–Trinajstić information content (AvgIpc) is 2.95. The third-order valence-electron chi connectivity index (χ3n) is 8.09. The maximum absolute atomic E-state index is 14.2. The molecule has 9 heteroatoms. The highest BCUT2D eigenvalue weighted by Gasteiger charge is 2.46. The molecule has 0 unspecified atom stereocenters. The highest BCUT2D eigenvalue weighted by Crippen LogP contribution is 2.45. The first-order valence-electron chi connectivity index (χ1n) is 13.5. The molecule has 0 radical (unpaired) electrons. The molecule has 6 nitrogen and oxygen atoms in total. The zero-order chi connectivity index (χ0) is 28.4. The van der Waals surface area contributed by atoms with Crippen LogP contribution in [0.4, 0.5) is 14.9 Å². The quantitative estimate of drug-likeness (QED) is 0.323. The number of nitrogens with zero attached hydrogens (tertiary/aromatic N) is 2. The van der Waals surface area contributed by atoms with Crippen LogP contribution in [0.15, 0.2) is 66.7 Å². The molecular formula is C31H32Cl2FN3O3. The second-order valence-electron chi connectivity index (χ2n) is 10.6. The van der Waals surface area contributed by atoms with Crippen molar-refractivity contribution in [3.8, 4) is 0 Å². The lowest BCUT2D eigenvalue weighted by molar-refractivity contribution is -0.123. The Bertz CT molecular complexity index is 1400. The molecule has 2 heterocycles. The second-order valence-corrected chi connectivity index (χ2v) is 11.4. The molecule has 3 aromatic rings. The van der Waals surface area contributed by atoms with Crippen molar-refractivity contribution in [2.24, 2.45) is 0 Å². The van der Waals surface area contributed by atoms with Crippen molar-refractivity contribution in [1.29, 1.82) is 0 Å². The molecule has 2 aliphatic rings. The Morgan fingerprint density at radius 1 is 1.02 bits per heavy atom. The van der Waals surface area contributed by atoms with Gasteiger partial charge in [0.2, 0.25) is 5.91 Å². The number of likely N-dealkylation sites (tertiary alicyclic amines) is 1. The number of carbonyl (C=O) groups excluding carboxylic acids is 2. The number of hydrogen-bond acceptors (Lipinski definition) is 4. The molecule has 1 N–H and O–H groups in total. The predicted octanol–water partition coefficient (Wildman–Crippen LogP) is 7.06. The third kappa shape index (κ3) is 5.82. The maximum atomic E-state index is 14.2. The van der Waals surface area contributed by atoms with Crippen LogP contribution in [-0.2, 0) is 15.1 Å². The van der Waals surface area contributed by atoms with E-state index in [0.717, 1.165) is 11.1 Å². The molecule has 0 bridgehead atoms. The summed E-state index contributed by atoms with van der Waals surface area (Å²) in [4.78, 5) is 29.9. The summed E-state index contributed by atoms with van der Waals surface area (Å²) in [5.41, 5.74) is 2.35. The van der Waals surface area contributed by atoms with Crippen molar-refractivity contribution in [1.82, 2.24) is 10.2 Å². The smallest absolute Gasteiger partial charge is 0.414 e. The molecule has 1 saturated heterocycles. The summed E-state index contributed by atoms with van der Waals surface area (Å²) in [6, 6.07) is 19.5. The van der Waals surface area contributed by atoms with Gasteiger partial charge in [-0.25, -0.2) is 9.18 Å². The van der Waals surface area contributed by atoms with Crippen molar-refractivity contribution < 1.29 is 18.7 Å². The Kier molecular flexibility index (Phi) is 8.36. The Morgan fingerprint density at radius 3 is 2.45 bits per heavy atom. The lowest BCUT2D eigenvalue weighted by Crippen LogP contribution is -2.51. The van der Waals surface area contributed by atoms with Gasteiger partial charge < -0.3 is 15.0 Å². The number of nitrogens with one attached hydrogen (secondary N) is 1. The zero-order valence-electron chi connectivity index (χ0n) is 22.5. The van der Waals surface area contributed by atoms with Gasteiger partial charge in [0.15, 0.2) is 0 Å². The lowest BCUT2D eigenvalue weighted by atomic mass is 9.81. The Morgan fingerprint density at radius 2 is 1.75 bits per heavy atom. The molecule has 2 atom stereocenters. The van der Waals surface area contributed by atoms with Crippen LogP contribution < -0.4 is 10.2 Å². The van der Waals surface area contributed by atoms with Crippen LogP contribution >= 0.6 is 23.2 Å². The predicted molar refractivity (Wildman–Crippen MR) is 155 cm³/mol. The Labute approximate surface area is 244 Å². The fourth-order valence-corrected chi connectivity index (χ4v) is 6.00. The topological polar surface area (TPSA) is 61.9 Å². The van der Waals surface area contributed by atoms with E-state index >= 15 is 0 Å². The van der Waals surface area contributed by atoms with E-state index in [1.54, 1.807) is 25.2 Å². The molecule has 5 rings (SSSR count). The molecule has 210 valence electrons. The van der Waals surface area contributed by atoms with E-state index in [2.05, 4.69) is 10.2 Å². The second kappa shape index (κ2) is 11.8. The van der Waals surface area contributed by atoms with Gasteiger partial charge in [-0.1, -0.05) is 59.6 Å². The Hall–Kier alpha value is -3.13. The first-order chi connectivity index (χ1) is 19.2. The van der Waals surface area contributed by atoms with E-state index in [4.69, 9.17) is 27.9 Å². The lowest BCUT2D eigenvalue weighted by Gasteiger charge is -2.46. The molecule has 1 fully saturated rings. The summed E-state index contributed by atoms with van der Waals surface area (Å²) < 4.78 is 20.1. The van der Waals surface area contributed by atoms with Crippen LogP contribution in [0.5, 0.6) is 0 Å². The van der Waals surface area contributed by atoms with Crippen LogP contribution in [0.2, 0.25) is 10.0 Å². The van der Waals surface area contributed by atoms with Crippen molar-refractivity contribution in [2.75, 3.05) is 31.6 Å². The average molecular weight is 585 g/mol. The van der Waals surface area contributed by atoms with E-state index in [0.29, 0.717) is 60.2 Å². The number of fused-ring (bicyclic) bond motifs is 2. The normalized spacial score (nSPS) is 18.1. The first kappa shape index (κ1) is 28.4. The number of rotatable bonds is 7. The Balaban J connectivity index is 1.29. The fraction of sp³-hybridized carbons (Fsp3) is 0.355. The van der Waals surface area contributed by atoms with Gasteiger partial charge in [-0.3, -0.25) is 9.69 Å². The molecular weight excluding hydrogens is 552 g/mol. The highest BCUT2D eigenvalue weighted by atomic mass is 35.5. The van der Waals surface area contributed by atoms with Gasteiger partial charge in [0.05, 0.1) is 27.7 Å². The SMILES string of the molecule is C[C@H](NC(=O)[C@H](CCN1CCC2(CC1)OC(=O)N(C)c1ccc(F)cc12)c1ccc(Cl)c(Cl)c1)c1ccccc1. The summed E-state index contributed by atoms with van der Waals surface area (Å²) >= 11 is 12.5. The van der Waals surface area contributed by atoms with E-state index in [-0.39, 0.29) is 17.8 Å². The van der Waals surface area contributed by atoms with Crippen molar-refractivity contribution >= 4 is 40.9 Å². The minimum Gasteiger partial charge on any atom is -0.437 e. The number of benzene rings is 3. The summed E-state index contributed by atoms with van der Waals surface area (Å²) in [6.07, 6.45) is 1.21. The van der Waals surface area contributed by atoms with Crippen LogP contribution in [0, 0.1) is 5.82 Å². The number of ether oxygens (including phenoxy) is 1. The molecule has 3 aromatic carbocycles. The number of anilines is 1. The molecule has 0 saturated carbocycles. The van der Waals surface area contributed by atoms with Crippen LogP contribution in [-0.4, -0.2) is 43.6 Å². The monoisotopic (exact) mass is 583 g/mol. The maximum Gasteiger partial charge on any atom is 0.414 e. The van der Waals surface area contributed by atoms with Crippen molar-refractivity contribution in [2.45, 2.75) is 43.7 Å². The molecule has 2 aliphatic heterocycles. The number of amides is 2. The summed E-state index contributed by atoms with van der Waals surface area (Å²) in [6.45, 7) is 3.90. The van der Waals surface area contributed by atoms with Gasteiger partial charge in [-0.05, 0) is 61.3 Å². The van der Waals surface area contributed by atoms with Crippen molar-refractivity contribution in [3.05, 3.63) is 99.3 Å². The molecule has 1 spiro atoms. The summed E-state index contributed by atoms with van der Waals surface area (Å²) in [5, 5.41) is 4.00. The number of carbonyl (C=O) groups is 2. The van der Waals surface area contributed by atoms with E-state index in [9.17, 15) is 14.0 Å². The summed E-state index contributed by atoms with van der Waals surface area (Å²) in [7, 11) is 1.63. The first-order valence-corrected chi connectivity index (χ1v) is 14.2. The molecule has 0 aliphatic carbocycles. The zero-order valence-corrected chi connectivity index (χ0v) is 24.0. The summed E-state index contributed by atoms with van der Waals surface area (Å²) in [5.74, 6) is -0.878. The van der Waals surface area contributed by atoms with Gasteiger partial charge in [-0.15, -0.1) is 0 Å². The van der Waals surface area contributed by atoms with Gasteiger partial charge >= 0.3 is 6.09 Å². The molecule has 2 amide bonds. The largest absolute Gasteiger partial charge is 0.437 e. The van der Waals surface area contributed by atoms with Gasteiger partial charge in [0, 0.05) is 38.5 Å². The van der Waals surface area contributed by atoms with Crippen LogP contribution in [0.25, 0.3) is 0 Å². The minimum absolute atomic E-state index is 0.0862. The van der Waals surface area contributed by atoms with Crippen molar-refractivity contribution in [3.63, 3.8) is 0 Å². The van der Waals surface area contributed by atoms with Crippen LogP contribution in [0.3, 0.4) is 0 Å². The van der Waals surface area contributed by atoms with E-state index in [1.807, 2.05) is 43.3 Å². The van der Waals surface area contributed by atoms with Crippen LogP contribution in [0.1, 0.15) is 54.8 Å². The fourth-order valence-electron chi connectivity index (χ4n) is 5.69. The van der Waals surface area contributed by atoms with E-state index < -0.39 is 17.6 Å². The highest BCUT2D eigenvalue weighted by molar-refractivity contribution is 6.42. The molecule has 40 heavy (non-hydrogen) atoms. The van der Waals surface area contributed by atoms with Gasteiger partial charge in [-0.2, -0.15) is 0 Å². The van der Waals surface area contributed by atoms with Gasteiger partial charge in [0.25, 0.3) is 0 Å². The number of halogens is 3. The van der Waals surface area contributed by atoms with Gasteiger partial charge in [0.1, 0.15) is 11.4 Å². The molecule has 0 aromatic heterocycles.